The van der Waals surface area contributed by atoms with Gasteiger partial charge >= 0.3 is 0 Å². The van der Waals surface area contributed by atoms with Crippen LogP contribution in [-0.2, 0) is 4.74 Å². The van der Waals surface area contributed by atoms with Crippen molar-refractivity contribution in [2.24, 2.45) is 4.99 Å². The molecule has 2 N–H and O–H groups in total. The second-order valence-corrected chi connectivity index (χ2v) is 7.73. The van der Waals surface area contributed by atoms with Crippen molar-refractivity contribution >= 4 is 35.6 Å². The average Bonchev–Trinajstić information content (AvgIpc) is 2.72. The first-order valence-electron chi connectivity index (χ1n) is 10.3. The standard InChI is InChI=1S/C21H35N5O.HI/c1-17(26-12-13-27-16-18(26)2)14-23-21(22-3)24-19-8-7-11-25(15-19)20-9-5-4-6-10-20;/h4-6,9-10,17-19H,7-8,11-16H2,1-3H3,(H2,22,23,24);1H. The molecule has 0 bridgehead atoms. The topological polar surface area (TPSA) is 52.1 Å². The summed E-state index contributed by atoms with van der Waals surface area (Å²) in [6.07, 6.45) is 2.38. The second kappa shape index (κ2) is 11.8. The third kappa shape index (κ3) is 6.49. The Morgan fingerprint density at radius 2 is 2.07 bits per heavy atom. The second-order valence-electron chi connectivity index (χ2n) is 7.73. The van der Waals surface area contributed by atoms with Crippen LogP contribution in [0.1, 0.15) is 26.7 Å². The molecule has 0 aromatic heterocycles. The summed E-state index contributed by atoms with van der Waals surface area (Å²) in [6, 6.07) is 12.0. The van der Waals surface area contributed by atoms with E-state index in [0.29, 0.717) is 18.1 Å². The van der Waals surface area contributed by atoms with Crippen molar-refractivity contribution in [2.75, 3.05) is 51.3 Å². The molecule has 3 atom stereocenters. The first kappa shape index (κ1) is 23.2. The molecule has 0 radical (unpaired) electrons. The van der Waals surface area contributed by atoms with Gasteiger partial charge in [0.1, 0.15) is 0 Å². The van der Waals surface area contributed by atoms with E-state index in [1.165, 1.54) is 18.5 Å². The lowest BCUT2D eigenvalue weighted by Crippen LogP contribution is -2.55. The number of guanidine groups is 1. The molecule has 2 heterocycles. The molecular weight excluding hydrogens is 465 g/mol. The van der Waals surface area contributed by atoms with E-state index in [-0.39, 0.29) is 24.0 Å². The molecule has 28 heavy (non-hydrogen) atoms. The summed E-state index contributed by atoms with van der Waals surface area (Å²) >= 11 is 0. The summed E-state index contributed by atoms with van der Waals surface area (Å²) in [5, 5.41) is 7.16. The highest BCUT2D eigenvalue weighted by Crippen LogP contribution is 2.19. The van der Waals surface area contributed by atoms with Gasteiger partial charge in [0.2, 0.25) is 0 Å². The number of rotatable bonds is 5. The van der Waals surface area contributed by atoms with Crippen LogP contribution < -0.4 is 15.5 Å². The average molecular weight is 501 g/mol. The first-order valence-corrected chi connectivity index (χ1v) is 10.3. The minimum atomic E-state index is 0. The van der Waals surface area contributed by atoms with Crippen molar-refractivity contribution in [2.45, 2.75) is 44.8 Å². The normalized spacial score (nSPS) is 25.0. The number of halogens is 1. The van der Waals surface area contributed by atoms with Gasteiger partial charge in [0.25, 0.3) is 0 Å². The highest BCUT2D eigenvalue weighted by atomic mass is 127. The molecule has 0 amide bonds. The van der Waals surface area contributed by atoms with E-state index in [4.69, 9.17) is 4.74 Å². The Morgan fingerprint density at radius 1 is 1.29 bits per heavy atom. The Morgan fingerprint density at radius 3 is 2.79 bits per heavy atom. The molecule has 158 valence electrons. The number of piperidine rings is 1. The molecule has 3 rings (SSSR count). The number of aliphatic imine (C=N–C) groups is 1. The van der Waals surface area contributed by atoms with Gasteiger partial charge in [-0.15, -0.1) is 24.0 Å². The molecule has 3 unspecified atom stereocenters. The molecule has 6 nitrogen and oxygen atoms in total. The Labute approximate surface area is 187 Å². The number of nitrogens with one attached hydrogen (secondary N) is 2. The molecule has 1 aromatic carbocycles. The van der Waals surface area contributed by atoms with Crippen molar-refractivity contribution in [1.82, 2.24) is 15.5 Å². The molecule has 2 aliphatic heterocycles. The fourth-order valence-electron chi connectivity index (χ4n) is 4.11. The van der Waals surface area contributed by atoms with Crippen LogP contribution in [0.3, 0.4) is 0 Å². The van der Waals surface area contributed by atoms with Gasteiger partial charge < -0.3 is 20.3 Å². The fourth-order valence-corrected chi connectivity index (χ4v) is 4.11. The van der Waals surface area contributed by atoms with Gasteiger partial charge in [-0.1, -0.05) is 18.2 Å². The zero-order chi connectivity index (χ0) is 19.1. The monoisotopic (exact) mass is 501 g/mol. The smallest absolute Gasteiger partial charge is 0.191 e. The van der Waals surface area contributed by atoms with Crippen LogP contribution in [0.25, 0.3) is 0 Å². The third-order valence-electron chi connectivity index (χ3n) is 5.66. The van der Waals surface area contributed by atoms with E-state index in [0.717, 1.165) is 45.4 Å². The predicted molar refractivity (Wildman–Crippen MR) is 128 cm³/mol. The minimum absolute atomic E-state index is 0. The van der Waals surface area contributed by atoms with Gasteiger partial charge in [-0.3, -0.25) is 9.89 Å². The molecule has 0 aliphatic carbocycles. The van der Waals surface area contributed by atoms with E-state index in [1.807, 2.05) is 7.05 Å². The molecule has 2 fully saturated rings. The van der Waals surface area contributed by atoms with Crippen LogP contribution in [0.2, 0.25) is 0 Å². The van der Waals surface area contributed by atoms with E-state index in [9.17, 15) is 0 Å². The fraction of sp³-hybridized carbons (Fsp3) is 0.667. The van der Waals surface area contributed by atoms with Crippen LogP contribution in [0, 0.1) is 0 Å². The maximum atomic E-state index is 5.55. The molecule has 2 saturated heterocycles. The van der Waals surface area contributed by atoms with E-state index < -0.39 is 0 Å². The summed E-state index contributed by atoms with van der Waals surface area (Å²) in [5.41, 5.74) is 1.31. The summed E-state index contributed by atoms with van der Waals surface area (Å²) in [7, 11) is 1.86. The maximum absolute atomic E-state index is 5.55. The molecule has 7 heteroatoms. The van der Waals surface area contributed by atoms with Crippen molar-refractivity contribution in [1.29, 1.82) is 0 Å². The van der Waals surface area contributed by atoms with Crippen LogP contribution in [0.4, 0.5) is 5.69 Å². The van der Waals surface area contributed by atoms with E-state index in [2.05, 4.69) is 69.6 Å². The van der Waals surface area contributed by atoms with Gasteiger partial charge in [-0.2, -0.15) is 0 Å². The minimum Gasteiger partial charge on any atom is -0.379 e. The van der Waals surface area contributed by atoms with Gasteiger partial charge in [0.05, 0.1) is 13.2 Å². The van der Waals surface area contributed by atoms with Gasteiger partial charge in [0, 0.05) is 57.0 Å². The quantitative estimate of drug-likeness (QED) is 0.369. The van der Waals surface area contributed by atoms with Gasteiger partial charge in [-0.25, -0.2) is 0 Å². The van der Waals surface area contributed by atoms with E-state index >= 15 is 0 Å². The first-order chi connectivity index (χ1) is 13.2. The van der Waals surface area contributed by atoms with Crippen molar-refractivity contribution in [3.05, 3.63) is 30.3 Å². The molecule has 2 aliphatic rings. The van der Waals surface area contributed by atoms with Crippen LogP contribution >= 0.6 is 24.0 Å². The number of para-hydroxylation sites is 1. The lowest BCUT2D eigenvalue weighted by Gasteiger charge is -2.38. The van der Waals surface area contributed by atoms with Crippen molar-refractivity contribution in [3.63, 3.8) is 0 Å². The largest absolute Gasteiger partial charge is 0.379 e. The molecule has 0 saturated carbocycles. The van der Waals surface area contributed by atoms with Crippen molar-refractivity contribution in [3.8, 4) is 0 Å². The van der Waals surface area contributed by atoms with Crippen molar-refractivity contribution < 1.29 is 4.74 Å². The van der Waals surface area contributed by atoms with Crippen LogP contribution in [0.15, 0.2) is 35.3 Å². The Kier molecular flexibility index (Phi) is 9.81. The Balaban J connectivity index is 0.00000280. The zero-order valence-electron chi connectivity index (χ0n) is 17.4. The molecule has 0 spiro atoms. The summed E-state index contributed by atoms with van der Waals surface area (Å²) < 4.78 is 5.55. The summed E-state index contributed by atoms with van der Waals surface area (Å²) in [5.74, 6) is 0.905. The number of ether oxygens (including phenoxy) is 1. The summed E-state index contributed by atoms with van der Waals surface area (Å²) in [6.45, 7) is 10.2. The molecular formula is C21H36IN5O. The van der Waals surface area contributed by atoms with E-state index in [1.54, 1.807) is 0 Å². The number of benzene rings is 1. The number of anilines is 1. The van der Waals surface area contributed by atoms with Gasteiger partial charge in [0.15, 0.2) is 5.96 Å². The third-order valence-corrected chi connectivity index (χ3v) is 5.66. The van der Waals surface area contributed by atoms with Gasteiger partial charge in [-0.05, 0) is 38.8 Å². The Bertz CT molecular complexity index is 600. The predicted octanol–water partition coefficient (Wildman–Crippen LogP) is 2.55. The lowest BCUT2D eigenvalue weighted by molar-refractivity contribution is -0.0174. The summed E-state index contributed by atoms with van der Waals surface area (Å²) in [4.78, 5) is 9.43. The highest BCUT2D eigenvalue weighted by Gasteiger charge is 2.24. The van der Waals surface area contributed by atoms with Crippen LogP contribution in [-0.4, -0.2) is 75.4 Å². The zero-order valence-corrected chi connectivity index (χ0v) is 19.8. The lowest BCUT2D eigenvalue weighted by atomic mass is 10.0. The van der Waals surface area contributed by atoms with Crippen LogP contribution in [0.5, 0.6) is 0 Å². The Hall–Kier alpha value is -1.06. The highest BCUT2D eigenvalue weighted by molar-refractivity contribution is 14.0. The SMILES string of the molecule is CN=C(NCC(C)N1CCOCC1C)NC1CCCN(c2ccccc2)C1.I. The number of hydrogen-bond acceptors (Lipinski definition) is 4. The number of morpholine rings is 1. The molecule has 1 aromatic rings. The number of hydrogen-bond donors (Lipinski definition) is 2. The maximum Gasteiger partial charge on any atom is 0.191 e. The number of nitrogens with zero attached hydrogens (tertiary/aromatic N) is 3.